The fourth-order valence-corrected chi connectivity index (χ4v) is 3.66. The van der Waals surface area contributed by atoms with Gasteiger partial charge in [-0.2, -0.15) is 5.10 Å². The third-order valence-electron chi connectivity index (χ3n) is 5.13. The van der Waals surface area contributed by atoms with E-state index in [4.69, 9.17) is 9.84 Å². The first-order valence-electron chi connectivity index (χ1n) is 9.44. The molecule has 4 rings (SSSR count). The second-order valence-corrected chi connectivity index (χ2v) is 7.08. The fraction of sp³-hybridized carbons (Fsp3) is 0.400. The van der Waals surface area contributed by atoms with Crippen molar-refractivity contribution in [2.75, 3.05) is 33.8 Å². The van der Waals surface area contributed by atoms with E-state index in [2.05, 4.69) is 33.3 Å². The molecule has 0 aromatic carbocycles. The van der Waals surface area contributed by atoms with Crippen LogP contribution in [0.4, 0.5) is 0 Å². The van der Waals surface area contributed by atoms with Gasteiger partial charge in [-0.25, -0.2) is 14.6 Å². The highest BCUT2D eigenvalue weighted by Crippen LogP contribution is 2.30. The monoisotopic (exact) mass is 380 g/mol. The van der Waals surface area contributed by atoms with Crippen LogP contribution in [0.3, 0.4) is 0 Å². The van der Waals surface area contributed by atoms with E-state index >= 15 is 0 Å². The number of nitrogens with zero attached hydrogens (tertiary/aromatic N) is 5. The van der Waals surface area contributed by atoms with Gasteiger partial charge < -0.3 is 15.0 Å². The van der Waals surface area contributed by atoms with Crippen LogP contribution in [0.2, 0.25) is 0 Å². The molecular weight excluding hydrogens is 356 g/mol. The van der Waals surface area contributed by atoms with Crippen LogP contribution in [0.15, 0.2) is 36.7 Å². The summed E-state index contributed by atoms with van der Waals surface area (Å²) in [6, 6.07) is 7.40. The first-order chi connectivity index (χ1) is 13.7. The second-order valence-electron chi connectivity index (χ2n) is 7.08. The maximum absolute atomic E-state index is 12.3. The van der Waals surface area contributed by atoms with Gasteiger partial charge in [0, 0.05) is 42.9 Å². The average Bonchev–Trinajstić information content (AvgIpc) is 3.32. The lowest BCUT2D eigenvalue weighted by Crippen LogP contribution is -2.27. The molecule has 0 bridgehead atoms. The van der Waals surface area contributed by atoms with Crippen molar-refractivity contribution in [1.82, 2.24) is 30.0 Å². The lowest BCUT2D eigenvalue weighted by atomic mass is 10.0. The Morgan fingerprint density at radius 3 is 2.93 bits per heavy atom. The smallest absolute Gasteiger partial charge is 0.252 e. The molecule has 3 aromatic rings. The van der Waals surface area contributed by atoms with Gasteiger partial charge in [0.2, 0.25) is 5.88 Å². The molecule has 0 unspecified atom stereocenters. The van der Waals surface area contributed by atoms with Crippen molar-refractivity contribution >= 4 is 16.9 Å². The van der Waals surface area contributed by atoms with Crippen molar-refractivity contribution in [2.24, 2.45) is 0 Å². The molecule has 0 radical (unpaired) electrons. The predicted molar refractivity (Wildman–Crippen MR) is 106 cm³/mol. The number of rotatable bonds is 6. The van der Waals surface area contributed by atoms with Gasteiger partial charge in [-0.3, -0.25) is 4.79 Å². The van der Waals surface area contributed by atoms with Crippen LogP contribution in [-0.4, -0.2) is 64.3 Å². The van der Waals surface area contributed by atoms with Gasteiger partial charge in [-0.05, 0) is 38.2 Å². The lowest BCUT2D eigenvalue weighted by Gasteiger charge is -2.08. The van der Waals surface area contributed by atoms with Gasteiger partial charge in [0.05, 0.1) is 24.9 Å². The van der Waals surface area contributed by atoms with Gasteiger partial charge in [-0.15, -0.1) is 0 Å². The summed E-state index contributed by atoms with van der Waals surface area (Å²) in [4.78, 5) is 23.2. The Bertz CT molecular complexity index is 968. The summed E-state index contributed by atoms with van der Waals surface area (Å²) in [6.45, 7) is 3.13. The molecule has 4 heterocycles. The molecule has 8 nitrogen and oxygen atoms in total. The number of pyridine rings is 2. The van der Waals surface area contributed by atoms with Crippen molar-refractivity contribution in [3.05, 3.63) is 47.9 Å². The summed E-state index contributed by atoms with van der Waals surface area (Å²) >= 11 is 0. The highest BCUT2D eigenvalue weighted by atomic mass is 16.5. The van der Waals surface area contributed by atoms with Crippen LogP contribution < -0.4 is 10.1 Å². The van der Waals surface area contributed by atoms with Crippen molar-refractivity contribution in [3.63, 3.8) is 0 Å². The number of methoxy groups -OCH3 is 1. The number of carbonyl (C=O) groups is 1. The van der Waals surface area contributed by atoms with E-state index in [9.17, 15) is 4.79 Å². The molecule has 146 valence electrons. The number of likely N-dealkylation sites (N-methyl/N-ethyl adjacent to an activating group) is 1. The lowest BCUT2D eigenvalue weighted by molar-refractivity contribution is 0.0951. The number of hydrogen-bond donors (Lipinski definition) is 1. The van der Waals surface area contributed by atoms with E-state index in [1.54, 1.807) is 25.4 Å². The quantitative estimate of drug-likeness (QED) is 0.700. The Hall–Kier alpha value is -3.00. The Balaban J connectivity index is 1.45. The zero-order chi connectivity index (χ0) is 19.5. The fourth-order valence-electron chi connectivity index (χ4n) is 3.66. The van der Waals surface area contributed by atoms with Crippen molar-refractivity contribution in [1.29, 1.82) is 0 Å². The summed E-state index contributed by atoms with van der Waals surface area (Å²) in [5, 5.41) is 8.87. The topological polar surface area (TPSA) is 85.2 Å². The number of amides is 1. The Morgan fingerprint density at radius 2 is 2.21 bits per heavy atom. The molecule has 1 atom stereocenters. The standard InChI is InChI=1S/C20H24N6O2/c1-25-10-7-15(13-25)18-16-4-3-8-21-19(16)26(24-18)11-9-22-20(27)14-5-6-17(28-2)23-12-14/h3-6,8,12,15H,7,9-11,13H2,1-2H3,(H,22,27)/t15-/m1/s1. The summed E-state index contributed by atoms with van der Waals surface area (Å²) < 4.78 is 6.91. The van der Waals surface area contributed by atoms with Crippen molar-refractivity contribution < 1.29 is 9.53 Å². The molecule has 1 fully saturated rings. The number of ether oxygens (including phenoxy) is 1. The van der Waals surface area contributed by atoms with E-state index in [-0.39, 0.29) is 5.91 Å². The van der Waals surface area contributed by atoms with Gasteiger partial charge in [-0.1, -0.05) is 0 Å². The van der Waals surface area contributed by atoms with Crippen LogP contribution >= 0.6 is 0 Å². The van der Waals surface area contributed by atoms with Crippen LogP contribution in [0.5, 0.6) is 5.88 Å². The minimum absolute atomic E-state index is 0.169. The van der Waals surface area contributed by atoms with E-state index in [1.165, 1.54) is 6.20 Å². The molecule has 1 amide bonds. The average molecular weight is 380 g/mol. The Morgan fingerprint density at radius 1 is 1.32 bits per heavy atom. The number of likely N-dealkylation sites (tertiary alicyclic amines) is 1. The van der Waals surface area contributed by atoms with Crippen molar-refractivity contribution in [3.8, 4) is 5.88 Å². The van der Waals surface area contributed by atoms with Gasteiger partial charge in [0.25, 0.3) is 5.91 Å². The van der Waals surface area contributed by atoms with Crippen LogP contribution in [0.25, 0.3) is 11.0 Å². The number of fused-ring (bicyclic) bond motifs is 1. The maximum Gasteiger partial charge on any atom is 0.252 e. The summed E-state index contributed by atoms with van der Waals surface area (Å²) in [7, 11) is 3.68. The number of nitrogens with one attached hydrogen (secondary N) is 1. The summed E-state index contributed by atoms with van der Waals surface area (Å²) in [5.41, 5.74) is 2.48. The molecule has 0 spiro atoms. The third-order valence-corrected chi connectivity index (χ3v) is 5.13. The van der Waals surface area contributed by atoms with Crippen LogP contribution in [0.1, 0.15) is 28.4 Å². The molecule has 3 aromatic heterocycles. The van der Waals surface area contributed by atoms with E-state index in [0.29, 0.717) is 30.5 Å². The van der Waals surface area contributed by atoms with Gasteiger partial charge >= 0.3 is 0 Å². The molecule has 1 saturated heterocycles. The van der Waals surface area contributed by atoms with Gasteiger partial charge in [0.15, 0.2) is 5.65 Å². The maximum atomic E-state index is 12.3. The predicted octanol–water partition coefficient (Wildman–Crippen LogP) is 1.68. The number of hydrogen-bond acceptors (Lipinski definition) is 6. The molecule has 28 heavy (non-hydrogen) atoms. The Labute approximate surface area is 163 Å². The molecule has 0 saturated carbocycles. The number of aromatic nitrogens is 4. The first-order valence-corrected chi connectivity index (χ1v) is 9.44. The van der Waals surface area contributed by atoms with E-state index < -0.39 is 0 Å². The second kappa shape index (κ2) is 7.93. The number of carbonyl (C=O) groups excluding carboxylic acids is 1. The molecular formula is C20H24N6O2. The summed E-state index contributed by atoms with van der Waals surface area (Å²) in [5.74, 6) is 0.742. The minimum atomic E-state index is -0.169. The highest BCUT2D eigenvalue weighted by Gasteiger charge is 2.26. The Kier molecular flexibility index (Phi) is 5.21. The molecule has 1 N–H and O–H groups in total. The molecule has 0 aliphatic carbocycles. The van der Waals surface area contributed by atoms with Crippen molar-refractivity contribution in [2.45, 2.75) is 18.9 Å². The van der Waals surface area contributed by atoms with Crippen LogP contribution in [0, 0.1) is 0 Å². The SMILES string of the molecule is COc1ccc(C(=O)NCCn2nc([C@@H]3CCN(C)C3)c3cccnc32)cn1. The summed E-state index contributed by atoms with van der Waals surface area (Å²) in [6.07, 6.45) is 4.40. The highest BCUT2D eigenvalue weighted by molar-refractivity contribution is 5.93. The zero-order valence-corrected chi connectivity index (χ0v) is 16.1. The molecule has 1 aliphatic heterocycles. The first kappa shape index (κ1) is 18.4. The largest absolute Gasteiger partial charge is 0.481 e. The third kappa shape index (κ3) is 3.68. The van der Waals surface area contributed by atoms with E-state index in [1.807, 2.05) is 10.7 Å². The zero-order valence-electron chi connectivity index (χ0n) is 16.1. The van der Waals surface area contributed by atoms with Crippen LogP contribution in [-0.2, 0) is 6.54 Å². The molecule has 1 aliphatic rings. The molecule has 8 heteroatoms. The van der Waals surface area contributed by atoms with Gasteiger partial charge in [0.1, 0.15) is 0 Å². The normalized spacial score (nSPS) is 17.1. The minimum Gasteiger partial charge on any atom is -0.481 e. The van der Waals surface area contributed by atoms with E-state index in [0.717, 1.165) is 36.2 Å².